The van der Waals surface area contributed by atoms with Crippen molar-refractivity contribution in [1.29, 1.82) is 0 Å². The van der Waals surface area contributed by atoms with Gasteiger partial charge in [0.2, 0.25) is 5.95 Å². The van der Waals surface area contributed by atoms with Gasteiger partial charge in [0.1, 0.15) is 0 Å². The van der Waals surface area contributed by atoms with Crippen LogP contribution in [0.5, 0.6) is 0 Å². The van der Waals surface area contributed by atoms with Crippen molar-refractivity contribution in [2.24, 2.45) is 0 Å². The molecule has 0 aliphatic carbocycles. The first-order valence-corrected chi connectivity index (χ1v) is 15.5. The van der Waals surface area contributed by atoms with Crippen LogP contribution in [-0.4, -0.2) is 61.7 Å². The third-order valence-electron chi connectivity index (χ3n) is 9.15. The second kappa shape index (κ2) is 11.9. The zero-order valence-corrected chi connectivity index (χ0v) is 25.1. The van der Waals surface area contributed by atoms with Gasteiger partial charge in [0, 0.05) is 59.9 Å². The number of aromatic nitrogens is 4. The van der Waals surface area contributed by atoms with Crippen molar-refractivity contribution in [2.45, 2.75) is 37.1 Å². The molecule has 0 saturated carbocycles. The van der Waals surface area contributed by atoms with E-state index in [4.69, 9.17) is 16.6 Å². The Morgan fingerprint density at radius 1 is 0.977 bits per heavy atom. The summed E-state index contributed by atoms with van der Waals surface area (Å²) >= 11 is 6.11. The molecule has 2 aliphatic rings. The molecule has 0 spiro atoms. The lowest BCUT2D eigenvalue weighted by Crippen LogP contribution is -2.45. The van der Waals surface area contributed by atoms with E-state index in [2.05, 4.69) is 26.4 Å². The Morgan fingerprint density at radius 2 is 1.73 bits per heavy atom. The third-order valence-corrected chi connectivity index (χ3v) is 9.41. The zero-order valence-electron chi connectivity index (χ0n) is 24.3. The van der Waals surface area contributed by atoms with Gasteiger partial charge in [-0.2, -0.15) is 4.98 Å². The van der Waals surface area contributed by atoms with Crippen molar-refractivity contribution in [1.82, 2.24) is 24.5 Å². The number of amides is 1. The number of nitrogens with zero attached hydrogens (tertiary/aromatic N) is 6. The lowest BCUT2D eigenvalue weighted by molar-refractivity contribution is 0.0735. The van der Waals surface area contributed by atoms with Crippen molar-refractivity contribution in [3.8, 4) is 0 Å². The van der Waals surface area contributed by atoms with Crippen LogP contribution < -0.4 is 10.2 Å². The Hall–Kier alpha value is -4.47. The fraction of sp³-hybridized carbons (Fsp3) is 0.294. The van der Waals surface area contributed by atoms with Gasteiger partial charge >= 0.3 is 0 Å². The molecule has 2 aliphatic heterocycles. The predicted molar refractivity (Wildman–Crippen MR) is 172 cm³/mol. The van der Waals surface area contributed by atoms with Crippen LogP contribution in [0.2, 0.25) is 5.02 Å². The van der Waals surface area contributed by atoms with E-state index >= 15 is 0 Å². The molecule has 0 bridgehead atoms. The second-order valence-corrected chi connectivity index (χ2v) is 12.1. The molecule has 1 atom stereocenters. The Kier molecular flexibility index (Phi) is 7.66. The number of rotatable bonds is 7. The van der Waals surface area contributed by atoms with E-state index in [0.717, 1.165) is 73.5 Å². The predicted octanol–water partition coefficient (Wildman–Crippen LogP) is 6.03. The van der Waals surface area contributed by atoms with Gasteiger partial charge in [-0.15, -0.1) is 5.10 Å². The number of piperidine rings is 1. The molecule has 1 unspecified atom stereocenters. The number of aliphatic hydroxyl groups excluding tert-OH is 1. The van der Waals surface area contributed by atoms with Gasteiger partial charge in [-0.3, -0.25) is 9.78 Å². The highest BCUT2D eigenvalue weighted by molar-refractivity contribution is 6.30. The summed E-state index contributed by atoms with van der Waals surface area (Å²) in [5.41, 5.74) is 5.20. The van der Waals surface area contributed by atoms with Gasteiger partial charge in [-0.05, 0) is 97.5 Å². The topological polar surface area (TPSA) is 98.9 Å². The molecule has 2 fully saturated rings. The van der Waals surface area contributed by atoms with E-state index in [1.165, 1.54) is 0 Å². The Bertz CT molecular complexity index is 1750. The second-order valence-electron chi connectivity index (χ2n) is 11.7. The van der Waals surface area contributed by atoms with Crippen LogP contribution in [0.15, 0.2) is 91.4 Å². The van der Waals surface area contributed by atoms with E-state index in [1.54, 1.807) is 16.9 Å². The average molecular weight is 608 g/mol. The maximum Gasteiger partial charge on any atom is 0.254 e. The molecule has 224 valence electrons. The summed E-state index contributed by atoms with van der Waals surface area (Å²) in [5, 5.41) is 19.1. The smallest absolute Gasteiger partial charge is 0.254 e. The SMILES string of the molecule is O=C(c1ccc(Nc2nc3c(N4CCC(CO)(c5ccc(Cl)cc5)CC4)cccn3n2)cc1)N1CCCC1c1ccncc1. The van der Waals surface area contributed by atoms with Gasteiger partial charge in [-0.1, -0.05) is 23.7 Å². The monoisotopic (exact) mass is 607 g/mol. The van der Waals surface area contributed by atoms with Gasteiger partial charge in [-0.25, -0.2) is 4.52 Å². The van der Waals surface area contributed by atoms with Gasteiger partial charge in [0.15, 0.2) is 5.65 Å². The minimum Gasteiger partial charge on any atom is -0.395 e. The zero-order chi connectivity index (χ0) is 30.1. The Balaban J connectivity index is 1.04. The maximum atomic E-state index is 13.4. The molecule has 5 aromatic rings. The van der Waals surface area contributed by atoms with E-state index in [9.17, 15) is 9.90 Å². The van der Waals surface area contributed by atoms with Crippen LogP contribution in [0.25, 0.3) is 5.65 Å². The number of carbonyl (C=O) groups is 1. The molecule has 7 rings (SSSR count). The van der Waals surface area contributed by atoms with E-state index in [-0.39, 0.29) is 24.0 Å². The fourth-order valence-electron chi connectivity index (χ4n) is 6.64. The minimum absolute atomic E-state index is 0.0363. The number of fused-ring (bicyclic) bond motifs is 1. The Labute approximate surface area is 261 Å². The number of aliphatic hydroxyl groups is 1. The van der Waals surface area contributed by atoms with Crippen molar-refractivity contribution in [3.05, 3.63) is 113 Å². The molecule has 2 aromatic carbocycles. The highest BCUT2D eigenvalue weighted by Crippen LogP contribution is 2.38. The van der Waals surface area contributed by atoms with Crippen LogP contribution in [0, 0.1) is 0 Å². The maximum absolute atomic E-state index is 13.4. The highest BCUT2D eigenvalue weighted by Gasteiger charge is 2.36. The molecule has 1 amide bonds. The van der Waals surface area contributed by atoms with Crippen LogP contribution in [0.1, 0.15) is 53.2 Å². The van der Waals surface area contributed by atoms with Crippen molar-refractivity contribution in [2.75, 3.05) is 36.5 Å². The molecule has 9 nitrogen and oxygen atoms in total. The molecule has 3 aromatic heterocycles. The average Bonchev–Trinajstić information content (AvgIpc) is 3.73. The molecule has 0 radical (unpaired) electrons. The lowest BCUT2D eigenvalue weighted by Gasteiger charge is -2.42. The standard InChI is InChI=1S/C34H34ClN7O2/c35-27-9-7-26(8-10-27)34(23-43)15-21-40(22-16-34)30-4-2-20-42-31(30)38-33(39-42)37-28-11-5-25(6-12-28)32(44)41-19-1-3-29(41)24-13-17-36-18-14-24/h2,4-14,17-18,20,29,43H,1,3,15-16,19,21-23H2,(H,37,39). The number of benzene rings is 2. The first kappa shape index (κ1) is 28.3. The normalized spacial score (nSPS) is 18.1. The van der Waals surface area contributed by atoms with Crippen LogP contribution >= 0.6 is 11.6 Å². The first-order chi connectivity index (χ1) is 21.5. The van der Waals surface area contributed by atoms with E-state index < -0.39 is 0 Å². The Morgan fingerprint density at radius 3 is 2.45 bits per heavy atom. The number of anilines is 3. The molecule has 10 heteroatoms. The number of pyridine rings is 2. The van der Waals surface area contributed by atoms with Crippen molar-refractivity contribution in [3.63, 3.8) is 0 Å². The van der Waals surface area contributed by atoms with Crippen molar-refractivity contribution >= 4 is 40.5 Å². The number of likely N-dealkylation sites (tertiary alicyclic amines) is 1. The quantitative estimate of drug-likeness (QED) is 0.233. The number of nitrogens with one attached hydrogen (secondary N) is 1. The molecule has 2 saturated heterocycles. The summed E-state index contributed by atoms with van der Waals surface area (Å²) in [6.07, 6.45) is 9.04. The number of halogens is 1. The summed E-state index contributed by atoms with van der Waals surface area (Å²) in [4.78, 5) is 26.6. The summed E-state index contributed by atoms with van der Waals surface area (Å²) in [5.74, 6) is 0.519. The van der Waals surface area contributed by atoms with Crippen molar-refractivity contribution < 1.29 is 9.90 Å². The number of carbonyl (C=O) groups excluding carboxylic acids is 1. The largest absolute Gasteiger partial charge is 0.395 e. The summed E-state index contributed by atoms with van der Waals surface area (Å²) in [6.45, 7) is 2.41. The molecule has 5 heterocycles. The first-order valence-electron chi connectivity index (χ1n) is 15.1. The number of hydrogen-bond acceptors (Lipinski definition) is 7. The molecule has 44 heavy (non-hydrogen) atoms. The summed E-state index contributed by atoms with van der Waals surface area (Å²) in [7, 11) is 0. The third kappa shape index (κ3) is 5.37. The molecular formula is C34H34ClN7O2. The van der Waals surface area contributed by atoms with Gasteiger partial charge < -0.3 is 20.2 Å². The van der Waals surface area contributed by atoms with Gasteiger partial charge in [0.05, 0.1) is 18.3 Å². The van der Waals surface area contributed by atoms with Crippen LogP contribution in [-0.2, 0) is 5.41 Å². The lowest BCUT2D eigenvalue weighted by atomic mass is 9.73. The van der Waals surface area contributed by atoms with Crippen LogP contribution in [0.4, 0.5) is 17.3 Å². The molecular weight excluding hydrogens is 574 g/mol. The minimum atomic E-state index is -0.283. The number of hydrogen-bond donors (Lipinski definition) is 2. The summed E-state index contributed by atoms with van der Waals surface area (Å²) < 4.78 is 1.79. The van der Waals surface area contributed by atoms with E-state index in [1.807, 2.05) is 77.8 Å². The van der Waals surface area contributed by atoms with Crippen LogP contribution in [0.3, 0.4) is 0 Å². The highest BCUT2D eigenvalue weighted by atomic mass is 35.5. The van der Waals surface area contributed by atoms with E-state index in [0.29, 0.717) is 16.5 Å². The summed E-state index contributed by atoms with van der Waals surface area (Å²) in [6, 6.07) is 23.5. The fourth-order valence-corrected chi connectivity index (χ4v) is 6.77. The molecule has 2 N–H and O–H groups in total. The van der Waals surface area contributed by atoms with Gasteiger partial charge in [0.25, 0.3) is 5.91 Å².